The zero-order chi connectivity index (χ0) is 8.15. The summed E-state index contributed by atoms with van der Waals surface area (Å²) in [6, 6.07) is 0. The molecule has 0 rings (SSSR count). The smallest absolute Gasteiger partial charge is 0.320 e. The molecule has 0 aromatic heterocycles. The topological polar surface area (TPSA) is 63.6 Å². The van der Waals surface area contributed by atoms with E-state index in [-0.39, 0.29) is 6.61 Å². The average molecular weight is 146 g/mol. The summed E-state index contributed by atoms with van der Waals surface area (Å²) in [5.74, 6) is -2.89. The number of carbonyl (C=O) groups excluding carboxylic acids is 1. The molecule has 0 radical (unpaired) electrons. The Morgan fingerprint density at radius 2 is 2.10 bits per heavy atom. The largest absolute Gasteiger partial charge is 0.481 e. The number of hydrogen-bond donors (Lipinski definition) is 1. The summed E-state index contributed by atoms with van der Waals surface area (Å²) < 4.78 is 4.45. The van der Waals surface area contributed by atoms with E-state index in [1.165, 1.54) is 6.92 Å². The van der Waals surface area contributed by atoms with E-state index in [1.54, 1.807) is 6.92 Å². The second-order valence-electron chi connectivity index (χ2n) is 1.81. The number of carboxylic acids is 1. The van der Waals surface area contributed by atoms with Gasteiger partial charge in [0.05, 0.1) is 6.61 Å². The van der Waals surface area contributed by atoms with Crippen molar-refractivity contribution in [3.05, 3.63) is 0 Å². The number of hydrogen-bond acceptors (Lipinski definition) is 3. The summed E-state index contributed by atoms with van der Waals surface area (Å²) in [6.45, 7) is 3.14. The zero-order valence-corrected chi connectivity index (χ0v) is 5.96. The average Bonchev–Trinajstić information content (AvgIpc) is 1.87. The van der Waals surface area contributed by atoms with Crippen LogP contribution in [0, 0.1) is 5.92 Å². The van der Waals surface area contributed by atoms with Gasteiger partial charge in [0.1, 0.15) is 0 Å². The molecule has 0 heterocycles. The van der Waals surface area contributed by atoms with Crippen molar-refractivity contribution in [3.63, 3.8) is 0 Å². The van der Waals surface area contributed by atoms with Crippen molar-refractivity contribution in [2.75, 3.05) is 6.61 Å². The predicted molar refractivity (Wildman–Crippen MR) is 33.4 cm³/mol. The lowest BCUT2D eigenvalue weighted by Crippen LogP contribution is -2.22. The van der Waals surface area contributed by atoms with Gasteiger partial charge in [0.25, 0.3) is 0 Å². The highest BCUT2D eigenvalue weighted by Gasteiger charge is 2.20. The number of carbonyl (C=O) groups is 2. The molecule has 1 unspecified atom stereocenters. The summed E-state index contributed by atoms with van der Waals surface area (Å²) in [5, 5.41) is 8.28. The van der Waals surface area contributed by atoms with Crippen molar-refractivity contribution in [2.24, 2.45) is 5.92 Å². The van der Waals surface area contributed by atoms with E-state index in [0.29, 0.717) is 0 Å². The number of carboxylic acid groups (broad SMARTS) is 1. The maximum Gasteiger partial charge on any atom is 0.320 e. The summed E-state index contributed by atoms with van der Waals surface area (Å²) >= 11 is 0. The SMILES string of the molecule is CCOC(=O)C(C)C(=O)O. The molecule has 0 saturated heterocycles. The minimum absolute atomic E-state index is 0.219. The van der Waals surface area contributed by atoms with Crippen LogP contribution >= 0.6 is 0 Å². The van der Waals surface area contributed by atoms with E-state index < -0.39 is 17.9 Å². The molecule has 0 aliphatic carbocycles. The van der Waals surface area contributed by atoms with Gasteiger partial charge < -0.3 is 9.84 Å². The Bertz CT molecular complexity index is 141. The second kappa shape index (κ2) is 3.87. The van der Waals surface area contributed by atoms with Gasteiger partial charge in [-0.15, -0.1) is 0 Å². The van der Waals surface area contributed by atoms with Gasteiger partial charge in [-0.3, -0.25) is 9.59 Å². The molecular weight excluding hydrogens is 136 g/mol. The third-order valence-electron chi connectivity index (χ3n) is 1.01. The molecule has 1 N–H and O–H groups in total. The maximum atomic E-state index is 10.6. The summed E-state index contributed by atoms with van der Waals surface area (Å²) in [5.41, 5.74) is 0. The Labute approximate surface area is 58.8 Å². The Balaban J connectivity index is 3.82. The van der Waals surface area contributed by atoms with Crippen molar-refractivity contribution in [1.82, 2.24) is 0 Å². The van der Waals surface area contributed by atoms with Gasteiger partial charge in [-0.25, -0.2) is 0 Å². The highest BCUT2D eigenvalue weighted by molar-refractivity contribution is 5.93. The normalized spacial score (nSPS) is 12.2. The molecule has 0 aromatic rings. The lowest BCUT2D eigenvalue weighted by Gasteiger charge is -2.03. The van der Waals surface area contributed by atoms with Crippen LogP contribution in [-0.4, -0.2) is 23.7 Å². The van der Waals surface area contributed by atoms with Gasteiger partial charge in [0.2, 0.25) is 0 Å². The van der Waals surface area contributed by atoms with Gasteiger partial charge in [-0.1, -0.05) is 0 Å². The molecule has 1 atom stereocenters. The van der Waals surface area contributed by atoms with Crippen LogP contribution in [0.25, 0.3) is 0 Å². The van der Waals surface area contributed by atoms with E-state index in [1.807, 2.05) is 0 Å². The Kier molecular flexibility index (Phi) is 3.46. The van der Waals surface area contributed by atoms with E-state index in [0.717, 1.165) is 0 Å². The van der Waals surface area contributed by atoms with Gasteiger partial charge in [-0.05, 0) is 13.8 Å². The molecule has 0 fully saturated rings. The molecule has 4 nitrogen and oxygen atoms in total. The van der Waals surface area contributed by atoms with Crippen LogP contribution in [-0.2, 0) is 14.3 Å². The van der Waals surface area contributed by atoms with Gasteiger partial charge in [-0.2, -0.15) is 0 Å². The monoisotopic (exact) mass is 146 g/mol. The number of esters is 1. The third-order valence-corrected chi connectivity index (χ3v) is 1.01. The lowest BCUT2D eigenvalue weighted by atomic mass is 10.2. The van der Waals surface area contributed by atoms with E-state index in [4.69, 9.17) is 5.11 Å². The molecule has 0 amide bonds. The Hall–Kier alpha value is -1.06. The quantitative estimate of drug-likeness (QED) is 0.458. The van der Waals surface area contributed by atoms with Crippen LogP contribution in [0.1, 0.15) is 13.8 Å². The molecule has 0 bridgehead atoms. The van der Waals surface area contributed by atoms with Crippen molar-refractivity contribution < 1.29 is 19.4 Å². The van der Waals surface area contributed by atoms with Crippen LogP contribution in [0.4, 0.5) is 0 Å². The third kappa shape index (κ3) is 2.48. The summed E-state index contributed by atoms with van der Waals surface area (Å²) in [6.07, 6.45) is 0. The summed E-state index contributed by atoms with van der Waals surface area (Å²) in [7, 11) is 0. The molecule has 0 saturated carbocycles. The number of ether oxygens (including phenoxy) is 1. The highest BCUT2D eigenvalue weighted by Crippen LogP contribution is 1.97. The Morgan fingerprint density at radius 3 is 2.40 bits per heavy atom. The highest BCUT2D eigenvalue weighted by atomic mass is 16.5. The fourth-order valence-electron chi connectivity index (χ4n) is 0.368. The minimum atomic E-state index is -1.15. The maximum absolute atomic E-state index is 10.6. The molecule has 0 spiro atoms. The lowest BCUT2D eigenvalue weighted by molar-refractivity contribution is -0.157. The first kappa shape index (κ1) is 8.94. The van der Waals surface area contributed by atoms with Crippen LogP contribution in [0.15, 0.2) is 0 Å². The number of aliphatic carboxylic acids is 1. The number of rotatable bonds is 3. The van der Waals surface area contributed by atoms with Gasteiger partial charge >= 0.3 is 11.9 Å². The predicted octanol–water partition coefficient (Wildman–Crippen LogP) is 0.270. The Morgan fingerprint density at radius 1 is 1.60 bits per heavy atom. The first-order valence-corrected chi connectivity index (χ1v) is 2.99. The van der Waals surface area contributed by atoms with Crippen LogP contribution < -0.4 is 0 Å². The molecule has 10 heavy (non-hydrogen) atoms. The summed E-state index contributed by atoms with van der Waals surface area (Å²) in [4.78, 5) is 20.7. The van der Waals surface area contributed by atoms with Crippen LogP contribution in [0.3, 0.4) is 0 Å². The standard InChI is InChI=1S/C6H10O4/c1-3-10-6(9)4(2)5(7)8/h4H,3H2,1-2H3,(H,7,8). The molecule has 4 heteroatoms. The fraction of sp³-hybridized carbons (Fsp3) is 0.667. The second-order valence-corrected chi connectivity index (χ2v) is 1.81. The first-order valence-electron chi connectivity index (χ1n) is 2.99. The van der Waals surface area contributed by atoms with Crippen molar-refractivity contribution in [2.45, 2.75) is 13.8 Å². The molecule has 0 aromatic carbocycles. The zero-order valence-electron chi connectivity index (χ0n) is 5.96. The van der Waals surface area contributed by atoms with E-state index in [2.05, 4.69) is 4.74 Å². The van der Waals surface area contributed by atoms with Crippen molar-refractivity contribution in [1.29, 1.82) is 0 Å². The minimum Gasteiger partial charge on any atom is -0.481 e. The van der Waals surface area contributed by atoms with Crippen molar-refractivity contribution >= 4 is 11.9 Å². The molecule has 58 valence electrons. The van der Waals surface area contributed by atoms with Gasteiger partial charge in [0, 0.05) is 0 Å². The fourth-order valence-corrected chi connectivity index (χ4v) is 0.368. The molecule has 0 aliphatic rings. The first-order chi connectivity index (χ1) is 4.59. The van der Waals surface area contributed by atoms with Gasteiger partial charge in [0.15, 0.2) is 5.92 Å². The molecule has 0 aliphatic heterocycles. The van der Waals surface area contributed by atoms with Crippen LogP contribution in [0.5, 0.6) is 0 Å². The van der Waals surface area contributed by atoms with Crippen molar-refractivity contribution in [3.8, 4) is 0 Å². The van der Waals surface area contributed by atoms with Crippen LogP contribution in [0.2, 0.25) is 0 Å². The van der Waals surface area contributed by atoms with E-state index >= 15 is 0 Å². The molecular formula is C6H10O4. The van der Waals surface area contributed by atoms with E-state index in [9.17, 15) is 9.59 Å².